The standard InChI is InChI=1S/C9H10ClN3S/c1-5-7(12-13(2)9(5)11)8-6(10)3-4-14-8/h3-4H,11H2,1-2H3. The summed E-state index contributed by atoms with van der Waals surface area (Å²) in [6.45, 7) is 1.95. The zero-order valence-electron chi connectivity index (χ0n) is 7.91. The van der Waals surface area contributed by atoms with Crippen molar-refractivity contribution in [2.45, 2.75) is 6.92 Å². The molecule has 0 aliphatic rings. The molecule has 0 aliphatic carbocycles. The molecule has 0 unspecified atom stereocenters. The molecular formula is C9H10ClN3S. The van der Waals surface area contributed by atoms with E-state index in [1.807, 2.05) is 25.4 Å². The molecule has 0 amide bonds. The highest BCUT2D eigenvalue weighted by Crippen LogP contribution is 2.35. The Morgan fingerprint density at radius 3 is 2.71 bits per heavy atom. The van der Waals surface area contributed by atoms with Gasteiger partial charge in [0.2, 0.25) is 0 Å². The van der Waals surface area contributed by atoms with Crippen LogP contribution in [0.1, 0.15) is 5.56 Å². The molecular weight excluding hydrogens is 218 g/mol. The molecule has 2 aromatic heterocycles. The first kappa shape index (κ1) is 9.55. The van der Waals surface area contributed by atoms with Crippen LogP contribution in [0.3, 0.4) is 0 Å². The minimum absolute atomic E-state index is 0.685. The van der Waals surface area contributed by atoms with Crippen LogP contribution in [-0.2, 0) is 7.05 Å². The van der Waals surface area contributed by atoms with Crippen molar-refractivity contribution in [2.24, 2.45) is 7.05 Å². The average Bonchev–Trinajstić information content (AvgIpc) is 2.66. The number of nitrogen functional groups attached to an aromatic ring is 1. The SMILES string of the molecule is Cc1c(-c2sccc2Cl)nn(C)c1N. The third-order valence-electron chi connectivity index (χ3n) is 2.17. The van der Waals surface area contributed by atoms with Crippen molar-refractivity contribution in [2.75, 3.05) is 5.73 Å². The zero-order chi connectivity index (χ0) is 10.3. The summed E-state index contributed by atoms with van der Waals surface area (Å²) in [5, 5.41) is 7.01. The molecule has 0 bridgehead atoms. The van der Waals surface area contributed by atoms with E-state index in [9.17, 15) is 0 Å². The molecule has 0 aliphatic heterocycles. The minimum Gasteiger partial charge on any atom is -0.384 e. The van der Waals surface area contributed by atoms with Gasteiger partial charge in [-0.1, -0.05) is 11.6 Å². The van der Waals surface area contributed by atoms with Crippen molar-refractivity contribution in [3.8, 4) is 10.6 Å². The first-order valence-corrected chi connectivity index (χ1v) is 5.39. The Kier molecular flexibility index (Phi) is 2.25. The second-order valence-electron chi connectivity index (χ2n) is 3.08. The van der Waals surface area contributed by atoms with Crippen molar-refractivity contribution < 1.29 is 0 Å². The average molecular weight is 228 g/mol. The molecule has 74 valence electrons. The Bertz CT molecular complexity index is 472. The summed E-state index contributed by atoms with van der Waals surface area (Å²) in [4.78, 5) is 0.983. The van der Waals surface area contributed by atoms with Crippen LogP contribution >= 0.6 is 22.9 Å². The quantitative estimate of drug-likeness (QED) is 0.814. The van der Waals surface area contributed by atoms with Crippen molar-refractivity contribution in [3.05, 3.63) is 22.0 Å². The van der Waals surface area contributed by atoms with Gasteiger partial charge in [0.1, 0.15) is 11.5 Å². The van der Waals surface area contributed by atoms with E-state index in [2.05, 4.69) is 5.10 Å². The molecule has 0 saturated heterocycles. The van der Waals surface area contributed by atoms with Gasteiger partial charge in [-0.25, -0.2) is 0 Å². The molecule has 2 N–H and O–H groups in total. The molecule has 2 rings (SSSR count). The van der Waals surface area contributed by atoms with Crippen LogP contribution in [0, 0.1) is 6.92 Å². The molecule has 0 atom stereocenters. The summed E-state index contributed by atoms with van der Waals surface area (Å²) in [6.07, 6.45) is 0. The van der Waals surface area contributed by atoms with Crippen molar-refractivity contribution in [1.29, 1.82) is 0 Å². The number of hydrogen-bond acceptors (Lipinski definition) is 3. The van der Waals surface area contributed by atoms with Gasteiger partial charge in [0.15, 0.2) is 0 Å². The minimum atomic E-state index is 0.685. The van der Waals surface area contributed by atoms with Gasteiger partial charge in [-0.05, 0) is 18.4 Å². The normalized spacial score (nSPS) is 10.8. The number of hydrogen-bond donors (Lipinski definition) is 1. The fourth-order valence-corrected chi connectivity index (χ4v) is 2.51. The molecule has 0 fully saturated rings. The van der Waals surface area contributed by atoms with Gasteiger partial charge >= 0.3 is 0 Å². The summed E-state index contributed by atoms with van der Waals surface area (Å²) < 4.78 is 1.67. The number of rotatable bonds is 1. The van der Waals surface area contributed by atoms with E-state index in [-0.39, 0.29) is 0 Å². The predicted molar refractivity (Wildman–Crippen MR) is 60.7 cm³/mol. The van der Waals surface area contributed by atoms with Crippen LogP contribution < -0.4 is 5.73 Å². The Hall–Kier alpha value is -1.00. The summed E-state index contributed by atoms with van der Waals surface area (Å²) in [6, 6.07) is 1.87. The molecule has 3 nitrogen and oxygen atoms in total. The first-order valence-electron chi connectivity index (χ1n) is 4.13. The van der Waals surface area contributed by atoms with Crippen LogP contribution in [0.4, 0.5) is 5.82 Å². The van der Waals surface area contributed by atoms with Crippen molar-refractivity contribution in [3.63, 3.8) is 0 Å². The zero-order valence-corrected chi connectivity index (χ0v) is 9.49. The predicted octanol–water partition coefficient (Wildman–Crippen LogP) is 2.69. The van der Waals surface area contributed by atoms with E-state index in [4.69, 9.17) is 17.3 Å². The molecule has 2 aromatic rings. The highest BCUT2D eigenvalue weighted by Gasteiger charge is 2.14. The second kappa shape index (κ2) is 3.29. The fourth-order valence-electron chi connectivity index (χ4n) is 1.32. The number of nitrogens with two attached hydrogens (primary N) is 1. The van der Waals surface area contributed by atoms with Crippen LogP contribution in [-0.4, -0.2) is 9.78 Å². The lowest BCUT2D eigenvalue weighted by Gasteiger charge is -1.94. The number of anilines is 1. The topological polar surface area (TPSA) is 43.8 Å². The lowest BCUT2D eigenvalue weighted by Crippen LogP contribution is -1.97. The summed E-state index contributed by atoms with van der Waals surface area (Å²) in [5.74, 6) is 0.685. The Balaban J connectivity index is 2.63. The van der Waals surface area contributed by atoms with Gasteiger partial charge in [0, 0.05) is 12.6 Å². The molecule has 5 heteroatoms. The maximum atomic E-state index is 6.03. The monoisotopic (exact) mass is 227 g/mol. The van der Waals surface area contributed by atoms with E-state index in [1.54, 1.807) is 16.0 Å². The fraction of sp³-hybridized carbons (Fsp3) is 0.222. The van der Waals surface area contributed by atoms with Crippen LogP contribution in [0.2, 0.25) is 5.02 Å². The van der Waals surface area contributed by atoms with Gasteiger partial charge in [-0.15, -0.1) is 11.3 Å². The summed E-state index contributed by atoms with van der Waals surface area (Å²) >= 11 is 7.60. The van der Waals surface area contributed by atoms with Gasteiger partial charge in [0.25, 0.3) is 0 Å². The third kappa shape index (κ3) is 1.31. The van der Waals surface area contributed by atoms with E-state index < -0.39 is 0 Å². The number of thiophene rings is 1. The number of nitrogens with zero attached hydrogens (tertiary/aromatic N) is 2. The lowest BCUT2D eigenvalue weighted by molar-refractivity contribution is 0.782. The molecule has 2 heterocycles. The molecule has 0 spiro atoms. The lowest BCUT2D eigenvalue weighted by atomic mass is 10.2. The van der Waals surface area contributed by atoms with Gasteiger partial charge < -0.3 is 5.73 Å². The summed E-state index contributed by atoms with van der Waals surface area (Å²) in [7, 11) is 1.83. The number of aryl methyl sites for hydroxylation is 1. The van der Waals surface area contributed by atoms with Gasteiger partial charge in [0.05, 0.1) is 9.90 Å². The Morgan fingerprint density at radius 2 is 2.29 bits per heavy atom. The third-order valence-corrected chi connectivity index (χ3v) is 3.52. The van der Waals surface area contributed by atoms with Crippen LogP contribution in [0.25, 0.3) is 10.6 Å². The smallest absolute Gasteiger partial charge is 0.124 e. The maximum absolute atomic E-state index is 6.03. The second-order valence-corrected chi connectivity index (χ2v) is 4.40. The number of halogens is 1. The Labute approximate surface area is 91.1 Å². The molecule has 14 heavy (non-hydrogen) atoms. The highest BCUT2D eigenvalue weighted by molar-refractivity contribution is 7.14. The Morgan fingerprint density at radius 1 is 1.57 bits per heavy atom. The maximum Gasteiger partial charge on any atom is 0.124 e. The number of aromatic nitrogens is 2. The van der Waals surface area contributed by atoms with Crippen LogP contribution in [0.15, 0.2) is 11.4 Å². The molecule has 0 radical (unpaired) electrons. The molecule has 0 aromatic carbocycles. The van der Waals surface area contributed by atoms with Crippen molar-refractivity contribution >= 4 is 28.8 Å². The van der Waals surface area contributed by atoms with E-state index in [0.717, 1.165) is 21.2 Å². The largest absolute Gasteiger partial charge is 0.384 e. The first-order chi connectivity index (χ1) is 6.61. The summed E-state index contributed by atoms with van der Waals surface area (Å²) in [5.41, 5.74) is 7.68. The van der Waals surface area contributed by atoms with Crippen molar-refractivity contribution in [1.82, 2.24) is 9.78 Å². The van der Waals surface area contributed by atoms with Crippen LogP contribution in [0.5, 0.6) is 0 Å². The molecule has 0 saturated carbocycles. The van der Waals surface area contributed by atoms with E-state index >= 15 is 0 Å². The van der Waals surface area contributed by atoms with Gasteiger partial charge in [-0.2, -0.15) is 5.10 Å². The van der Waals surface area contributed by atoms with E-state index in [1.165, 1.54) is 0 Å². The highest BCUT2D eigenvalue weighted by atomic mass is 35.5. The van der Waals surface area contributed by atoms with E-state index in [0.29, 0.717) is 5.82 Å². The van der Waals surface area contributed by atoms with Gasteiger partial charge in [-0.3, -0.25) is 4.68 Å².